The highest BCUT2D eigenvalue weighted by Gasteiger charge is 2.32. The number of nitrogens with one attached hydrogen (secondary N) is 2. The first kappa shape index (κ1) is 33.1. The van der Waals surface area contributed by atoms with E-state index in [1.807, 2.05) is 43.3 Å². The lowest BCUT2D eigenvalue weighted by Crippen LogP contribution is -2.47. The van der Waals surface area contributed by atoms with Gasteiger partial charge in [0.25, 0.3) is 5.91 Å². The second-order valence-corrected chi connectivity index (χ2v) is 11.5. The summed E-state index contributed by atoms with van der Waals surface area (Å²) in [4.78, 5) is 41.5. The zero-order valence-corrected chi connectivity index (χ0v) is 25.7. The maximum atomic E-state index is 13.9. The van der Waals surface area contributed by atoms with Crippen LogP contribution in [0.4, 0.5) is 10.5 Å². The predicted octanol–water partition coefficient (Wildman–Crippen LogP) is 7.60. The molecule has 2 N–H and O–H groups in total. The number of anilines is 1. The number of para-hydroxylation sites is 1. The molecule has 0 fully saturated rings. The van der Waals surface area contributed by atoms with Crippen LogP contribution in [0, 0.1) is 6.92 Å². The molecule has 0 aliphatic carbocycles. The summed E-state index contributed by atoms with van der Waals surface area (Å²) >= 11 is 6.43. The number of benzene rings is 2. The van der Waals surface area contributed by atoms with Crippen molar-refractivity contribution < 1.29 is 19.1 Å². The Balaban J connectivity index is 2.39. The molecular weight excluding hydrogens is 526 g/mol. The lowest BCUT2D eigenvalue weighted by Gasteiger charge is -2.32. The largest absolute Gasteiger partial charge is 0.444 e. The first-order valence-electron chi connectivity index (χ1n) is 14.4. The van der Waals surface area contributed by atoms with Gasteiger partial charge >= 0.3 is 6.09 Å². The number of hydrogen-bond donors (Lipinski definition) is 2. The molecule has 40 heavy (non-hydrogen) atoms. The van der Waals surface area contributed by atoms with Gasteiger partial charge in [0, 0.05) is 6.54 Å². The van der Waals surface area contributed by atoms with Crippen LogP contribution in [-0.4, -0.2) is 41.5 Å². The van der Waals surface area contributed by atoms with Crippen LogP contribution in [0.5, 0.6) is 0 Å². The minimum absolute atomic E-state index is 0.285. The van der Waals surface area contributed by atoms with E-state index >= 15 is 0 Å². The summed E-state index contributed by atoms with van der Waals surface area (Å²) in [5.74, 6) is -0.730. The first-order valence-corrected chi connectivity index (χ1v) is 14.8. The van der Waals surface area contributed by atoms with Gasteiger partial charge in [-0.15, -0.1) is 0 Å². The van der Waals surface area contributed by atoms with Crippen molar-refractivity contribution in [2.45, 2.75) is 98.1 Å². The zero-order valence-electron chi connectivity index (χ0n) is 24.9. The highest BCUT2D eigenvalue weighted by Crippen LogP contribution is 2.29. The molecule has 0 radical (unpaired) electrons. The van der Waals surface area contributed by atoms with Crippen LogP contribution in [0.15, 0.2) is 42.5 Å². The maximum absolute atomic E-state index is 13.9. The Labute approximate surface area is 245 Å². The molecule has 1 unspecified atom stereocenters. The lowest BCUT2D eigenvalue weighted by atomic mass is 10.00. The molecular formula is C32H46ClN3O4. The molecule has 0 aromatic heterocycles. The Morgan fingerprint density at radius 1 is 0.950 bits per heavy atom. The van der Waals surface area contributed by atoms with Gasteiger partial charge in [-0.1, -0.05) is 94.0 Å². The van der Waals surface area contributed by atoms with Gasteiger partial charge < -0.3 is 20.3 Å². The third-order valence-corrected chi connectivity index (χ3v) is 6.90. The molecule has 2 aromatic carbocycles. The van der Waals surface area contributed by atoms with E-state index in [0.717, 1.165) is 49.7 Å². The number of unbranched alkanes of at least 4 members (excludes halogenated alkanes) is 5. The number of ether oxygens (including phenoxy) is 1. The van der Waals surface area contributed by atoms with Crippen LogP contribution in [0.2, 0.25) is 5.02 Å². The van der Waals surface area contributed by atoms with E-state index in [4.69, 9.17) is 16.3 Å². The summed E-state index contributed by atoms with van der Waals surface area (Å²) in [5.41, 5.74) is 2.47. The van der Waals surface area contributed by atoms with Crippen molar-refractivity contribution in [3.63, 3.8) is 0 Å². The fraction of sp³-hybridized carbons (Fsp3) is 0.531. The van der Waals surface area contributed by atoms with E-state index < -0.39 is 17.7 Å². The van der Waals surface area contributed by atoms with Crippen molar-refractivity contribution in [3.8, 4) is 0 Å². The van der Waals surface area contributed by atoms with Crippen molar-refractivity contribution in [2.75, 3.05) is 18.4 Å². The van der Waals surface area contributed by atoms with Gasteiger partial charge in [-0.05, 0) is 63.3 Å². The molecule has 3 amide bonds. The number of nitrogens with zero attached hydrogens (tertiary/aromatic N) is 1. The van der Waals surface area contributed by atoms with Gasteiger partial charge in [0.1, 0.15) is 18.2 Å². The molecule has 2 aromatic rings. The van der Waals surface area contributed by atoms with Gasteiger partial charge in [0.05, 0.1) is 10.7 Å². The number of rotatable bonds is 14. The Morgan fingerprint density at radius 3 is 2.20 bits per heavy atom. The molecule has 0 bridgehead atoms. The number of carbonyl (C=O) groups is 3. The zero-order chi connectivity index (χ0) is 29.7. The Hall–Kier alpha value is -3.06. The van der Waals surface area contributed by atoms with Crippen LogP contribution < -0.4 is 10.6 Å². The van der Waals surface area contributed by atoms with Gasteiger partial charge in [0.15, 0.2) is 0 Å². The smallest absolute Gasteiger partial charge is 0.408 e. The number of aryl methyl sites for hydroxylation is 2. The number of alkyl carbamates (subject to hydrolysis) is 1. The average Bonchev–Trinajstić information content (AvgIpc) is 2.90. The molecule has 0 aliphatic heterocycles. The van der Waals surface area contributed by atoms with Gasteiger partial charge in [-0.3, -0.25) is 9.59 Å². The summed E-state index contributed by atoms with van der Waals surface area (Å²) in [5, 5.41) is 5.97. The Kier molecular flexibility index (Phi) is 13.5. The van der Waals surface area contributed by atoms with E-state index in [1.54, 1.807) is 31.7 Å². The van der Waals surface area contributed by atoms with Gasteiger partial charge in [-0.25, -0.2) is 4.79 Å². The van der Waals surface area contributed by atoms with Crippen molar-refractivity contribution in [3.05, 3.63) is 64.2 Å². The number of halogens is 1. The normalized spacial score (nSPS) is 12.0. The topological polar surface area (TPSA) is 87.7 Å². The van der Waals surface area contributed by atoms with E-state index in [2.05, 4.69) is 24.5 Å². The molecule has 1 atom stereocenters. The molecule has 220 valence electrons. The van der Waals surface area contributed by atoms with E-state index in [0.29, 0.717) is 22.8 Å². The van der Waals surface area contributed by atoms with E-state index in [9.17, 15) is 14.4 Å². The van der Waals surface area contributed by atoms with Crippen molar-refractivity contribution in [2.24, 2.45) is 0 Å². The number of hydrogen-bond acceptors (Lipinski definition) is 4. The van der Waals surface area contributed by atoms with E-state index in [-0.39, 0.29) is 18.4 Å². The van der Waals surface area contributed by atoms with Crippen LogP contribution in [0.25, 0.3) is 0 Å². The quantitative estimate of drug-likeness (QED) is 0.228. The Morgan fingerprint density at radius 2 is 1.60 bits per heavy atom. The average molecular weight is 572 g/mol. The molecule has 2 rings (SSSR count). The second-order valence-electron chi connectivity index (χ2n) is 11.1. The minimum Gasteiger partial charge on any atom is -0.444 e. The third-order valence-electron chi connectivity index (χ3n) is 6.59. The summed E-state index contributed by atoms with van der Waals surface area (Å²) < 4.78 is 5.31. The molecule has 0 heterocycles. The van der Waals surface area contributed by atoms with Crippen LogP contribution in [0.1, 0.15) is 95.9 Å². The molecule has 0 spiro atoms. The maximum Gasteiger partial charge on any atom is 0.408 e. The van der Waals surface area contributed by atoms with Gasteiger partial charge in [-0.2, -0.15) is 0 Å². The first-order chi connectivity index (χ1) is 19.0. The lowest BCUT2D eigenvalue weighted by molar-refractivity contribution is -0.138. The van der Waals surface area contributed by atoms with Crippen molar-refractivity contribution in [1.82, 2.24) is 10.2 Å². The molecule has 8 heteroatoms. The third kappa shape index (κ3) is 10.8. The molecule has 0 saturated heterocycles. The van der Waals surface area contributed by atoms with Crippen molar-refractivity contribution >= 4 is 35.2 Å². The SMILES string of the molecule is CCCCCCCCN(C(=O)CNC(=O)OC(C)(C)C)C(C(=O)Nc1c(C)cccc1Cl)c1ccc(CC)cc1. The Bertz CT molecular complexity index is 1090. The summed E-state index contributed by atoms with van der Waals surface area (Å²) in [6.07, 6.45) is 6.38. The van der Waals surface area contributed by atoms with Crippen LogP contribution >= 0.6 is 11.6 Å². The number of carbonyl (C=O) groups excluding carboxylic acids is 3. The standard InChI is InChI=1S/C32H46ClN3O4/c1-7-9-10-11-12-13-21-36(27(37)22-34-31(39)40-32(4,5)6)29(25-19-17-24(8-2)18-20-25)30(38)35-28-23(3)15-14-16-26(28)33/h14-20,29H,7-13,21-22H2,1-6H3,(H,34,39)(H,35,38). The minimum atomic E-state index is -0.912. The fourth-order valence-corrected chi connectivity index (χ4v) is 4.68. The highest BCUT2D eigenvalue weighted by molar-refractivity contribution is 6.34. The van der Waals surface area contributed by atoms with Crippen LogP contribution in [-0.2, 0) is 20.7 Å². The predicted molar refractivity (Wildman–Crippen MR) is 163 cm³/mol. The molecule has 0 saturated carbocycles. The van der Waals surface area contributed by atoms with Crippen molar-refractivity contribution in [1.29, 1.82) is 0 Å². The highest BCUT2D eigenvalue weighted by atomic mass is 35.5. The second kappa shape index (κ2) is 16.3. The summed E-state index contributed by atoms with van der Waals surface area (Å²) in [6.45, 7) is 11.5. The van der Waals surface area contributed by atoms with Crippen LogP contribution in [0.3, 0.4) is 0 Å². The van der Waals surface area contributed by atoms with E-state index in [1.165, 1.54) is 6.42 Å². The molecule has 0 aliphatic rings. The number of amides is 3. The molecule has 7 nitrogen and oxygen atoms in total. The summed E-state index contributed by atoms with van der Waals surface area (Å²) in [7, 11) is 0. The fourth-order valence-electron chi connectivity index (χ4n) is 4.41. The monoisotopic (exact) mass is 571 g/mol. The summed E-state index contributed by atoms with van der Waals surface area (Å²) in [6, 6.07) is 12.2. The van der Waals surface area contributed by atoms with Gasteiger partial charge in [0.2, 0.25) is 5.91 Å².